The van der Waals surface area contributed by atoms with Crippen molar-refractivity contribution in [1.82, 2.24) is 10.2 Å². The molecular formula is C26H30N2O3S. The molecular weight excluding hydrogens is 420 g/mol. The van der Waals surface area contributed by atoms with Gasteiger partial charge in [-0.05, 0) is 53.5 Å². The van der Waals surface area contributed by atoms with E-state index < -0.39 is 6.04 Å². The van der Waals surface area contributed by atoms with Crippen LogP contribution in [0.1, 0.15) is 78.0 Å². The average molecular weight is 451 g/mol. The SMILES string of the molecule is CC(C)c1ccc(C(C(=O)NC2CCCC2)N(Cc2cccs2)C(=O)c2ccco2)cc1. The number of nitrogens with zero attached hydrogens (tertiary/aromatic N) is 1. The van der Waals surface area contributed by atoms with E-state index in [1.165, 1.54) is 11.8 Å². The lowest BCUT2D eigenvalue weighted by atomic mass is 9.97. The van der Waals surface area contributed by atoms with Crippen molar-refractivity contribution >= 4 is 23.2 Å². The van der Waals surface area contributed by atoms with Gasteiger partial charge in [0.25, 0.3) is 5.91 Å². The van der Waals surface area contributed by atoms with Crippen molar-refractivity contribution < 1.29 is 14.0 Å². The lowest BCUT2D eigenvalue weighted by molar-refractivity contribution is -0.126. The molecule has 1 aliphatic carbocycles. The van der Waals surface area contributed by atoms with Gasteiger partial charge in [-0.3, -0.25) is 9.59 Å². The Morgan fingerprint density at radius 1 is 1.06 bits per heavy atom. The van der Waals surface area contributed by atoms with E-state index in [1.54, 1.807) is 28.4 Å². The van der Waals surface area contributed by atoms with E-state index in [9.17, 15) is 9.59 Å². The number of furan rings is 1. The van der Waals surface area contributed by atoms with Crippen molar-refractivity contribution in [2.75, 3.05) is 0 Å². The maximum absolute atomic E-state index is 13.6. The molecule has 1 unspecified atom stereocenters. The fraction of sp³-hybridized carbons (Fsp3) is 0.385. The van der Waals surface area contributed by atoms with Crippen LogP contribution in [0, 0.1) is 0 Å². The maximum atomic E-state index is 13.6. The summed E-state index contributed by atoms with van der Waals surface area (Å²) in [6.45, 7) is 4.62. The Morgan fingerprint density at radius 3 is 2.38 bits per heavy atom. The minimum absolute atomic E-state index is 0.134. The van der Waals surface area contributed by atoms with Gasteiger partial charge in [-0.25, -0.2) is 0 Å². The summed E-state index contributed by atoms with van der Waals surface area (Å²) in [5.41, 5.74) is 2.01. The Labute approximate surface area is 193 Å². The Hall–Kier alpha value is -2.86. The van der Waals surface area contributed by atoms with Gasteiger partial charge in [-0.2, -0.15) is 0 Å². The van der Waals surface area contributed by atoms with Gasteiger partial charge < -0.3 is 14.6 Å². The zero-order valence-electron chi connectivity index (χ0n) is 18.6. The third kappa shape index (κ3) is 5.13. The van der Waals surface area contributed by atoms with Crippen LogP contribution in [0.15, 0.2) is 64.6 Å². The minimum Gasteiger partial charge on any atom is -0.459 e. The largest absolute Gasteiger partial charge is 0.459 e. The highest BCUT2D eigenvalue weighted by molar-refractivity contribution is 7.09. The predicted molar refractivity (Wildman–Crippen MR) is 127 cm³/mol. The second kappa shape index (κ2) is 10.2. The zero-order chi connectivity index (χ0) is 22.5. The molecule has 0 spiro atoms. The molecule has 0 radical (unpaired) electrons. The molecule has 5 nitrogen and oxygen atoms in total. The van der Waals surface area contributed by atoms with E-state index in [1.807, 2.05) is 29.6 Å². The van der Waals surface area contributed by atoms with Crippen LogP contribution < -0.4 is 5.32 Å². The monoisotopic (exact) mass is 450 g/mol. The molecule has 1 fully saturated rings. The third-order valence-corrected chi connectivity index (χ3v) is 6.94. The third-order valence-electron chi connectivity index (χ3n) is 6.08. The number of nitrogens with one attached hydrogen (secondary N) is 1. The second-order valence-electron chi connectivity index (χ2n) is 8.70. The molecule has 3 aromatic rings. The summed E-state index contributed by atoms with van der Waals surface area (Å²) < 4.78 is 5.43. The topological polar surface area (TPSA) is 62.6 Å². The molecule has 0 bridgehead atoms. The highest BCUT2D eigenvalue weighted by Crippen LogP contribution is 2.29. The first-order valence-corrected chi connectivity index (χ1v) is 12.2. The summed E-state index contributed by atoms with van der Waals surface area (Å²) in [6.07, 6.45) is 5.72. The van der Waals surface area contributed by atoms with Crippen LogP contribution in [0.3, 0.4) is 0 Å². The molecule has 1 N–H and O–H groups in total. The van der Waals surface area contributed by atoms with E-state index >= 15 is 0 Å². The molecule has 2 aromatic heterocycles. The van der Waals surface area contributed by atoms with Crippen LogP contribution in [0.5, 0.6) is 0 Å². The minimum atomic E-state index is -0.739. The van der Waals surface area contributed by atoms with E-state index in [4.69, 9.17) is 4.42 Å². The van der Waals surface area contributed by atoms with Gasteiger partial charge in [0.1, 0.15) is 6.04 Å². The van der Waals surface area contributed by atoms with Gasteiger partial charge in [0.05, 0.1) is 12.8 Å². The van der Waals surface area contributed by atoms with Crippen molar-refractivity contribution in [2.24, 2.45) is 0 Å². The zero-order valence-corrected chi connectivity index (χ0v) is 19.4. The molecule has 2 amide bonds. The predicted octanol–water partition coefficient (Wildman–Crippen LogP) is 5.91. The van der Waals surface area contributed by atoms with Gasteiger partial charge in [0, 0.05) is 10.9 Å². The Balaban J connectivity index is 1.72. The van der Waals surface area contributed by atoms with Crippen LogP contribution in [0.25, 0.3) is 0 Å². The number of thiophene rings is 1. The molecule has 1 aliphatic rings. The smallest absolute Gasteiger partial charge is 0.290 e. The van der Waals surface area contributed by atoms with Crippen molar-refractivity contribution in [3.63, 3.8) is 0 Å². The number of carbonyl (C=O) groups excluding carboxylic acids is 2. The average Bonchev–Trinajstić information content (AvgIpc) is 3.56. The van der Waals surface area contributed by atoms with Crippen LogP contribution in [0.4, 0.5) is 0 Å². The molecule has 1 saturated carbocycles. The quantitative estimate of drug-likeness (QED) is 0.464. The van der Waals surface area contributed by atoms with Crippen LogP contribution >= 0.6 is 11.3 Å². The van der Waals surface area contributed by atoms with Gasteiger partial charge in [-0.15, -0.1) is 11.3 Å². The van der Waals surface area contributed by atoms with Gasteiger partial charge in [0.2, 0.25) is 5.91 Å². The highest BCUT2D eigenvalue weighted by atomic mass is 32.1. The second-order valence-corrected chi connectivity index (χ2v) is 9.74. The summed E-state index contributed by atoms with van der Waals surface area (Å²) in [7, 11) is 0. The van der Waals surface area contributed by atoms with E-state index in [2.05, 4.69) is 31.3 Å². The normalized spacial score (nSPS) is 15.1. The summed E-state index contributed by atoms with van der Waals surface area (Å²) in [6, 6.07) is 14.8. The number of hydrogen-bond acceptors (Lipinski definition) is 4. The first-order valence-electron chi connectivity index (χ1n) is 11.3. The lowest BCUT2D eigenvalue weighted by Gasteiger charge is -2.31. The molecule has 1 atom stereocenters. The molecule has 4 rings (SSSR count). The van der Waals surface area contributed by atoms with Crippen molar-refractivity contribution in [3.8, 4) is 0 Å². The standard InChI is InChI=1S/C26H30N2O3S/c1-18(2)19-11-13-20(14-12-19)24(25(29)27-21-7-3-4-8-21)28(17-22-9-6-16-32-22)26(30)23-10-5-15-31-23/h5-6,9-16,18,21,24H,3-4,7-8,17H2,1-2H3,(H,27,29). The fourth-order valence-corrected chi connectivity index (χ4v) is 4.98. The van der Waals surface area contributed by atoms with E-state index in [-0.39, 0.29) is 23.6 Å². The number of carbonyl (C=O) groups is 2. The summed E-state index contributed by atoms with van der Waals surface area (Å²) in [4.78, 5) is 29.8. The molecule has 2 heterocycles. The summed E-state index contributed by atoms with van der Waals surface area (Å²) in [5.74, 6) is 0.203. The summed E-state index contributed by atoms with van der Waals surface area (Å²) >= 11 is 1.57. The number of rotatable bonds is 8. The maximum Gasteiger partial charge on any atom is 0.290 e. The van der Waals surface area contributed by atoms with Crippen molar-refractivity contribution in [2.45, 2.75) is 64.1 Å². The lowest BCUT2D eigenvalue weighted by Crippen LogP contribution is -2.45. The molecule has 6 heteroatoms. The van der Waals surface area contributed by atoms with Crippen LogP contribution in [-0.4, -0.2) is 22.8 Å². The van der Waals surface area contributed by atoms with Gasteiger partial charge >= 0.3 is 0 Å². The van der Waals surface area contributed by atoms with Gasteiger partial charge in [-0.1, -0.05) is 57.0 Å². The first kappa shape index (κ1) is 22.3. The van der Waals surface area contributed by atoms with Crippen molar-refractivity contribution in [3.05, 3.63) is 81.9 Å². The molecule has 0 aliphatic heterocycles. The van der Waals surface area contributed by atoms with E-state index in [0.29, 0.717) is 12.5 Å². The van der Waals surface area contributed by atoms with Crippen LogP contribution in [-0.2, 0) is 11.3 Å². The Morgan fingerprint density at radius 2 is 1.78 bits per heavy atom. The number of benzene rings is 1. The molecule has 0 saturated heterocycles. The van der Waals surface area contributed by atoms with Crippen molar-refractivity contribution in [1.29, 1.82) is 0 Å². The Bertz CT molecular complexity index is 1000. The fourth-order valence-electron chi connectivity index (χ4n) is 4.28. The van der Waals surface area contributed by atoms with Crippen LogP contribution in [0.2, 0.25) is 0 Å². The first-order chi connectivity index (χ1) is 15.5. The molecule has 32 heavy (non-hydrogen) atoms. The highest BCUT2D eigenvalue weighted by Gasteiger charge is 2.34. The summed E-state index contributed by atoms with van der Waals surface area (Å²) in [5, 5.41) is 5.20. The molecule has 1 aromatic carbocycles. The molecule has 168 valence electrons. The number of amides is 2. The Kier molecular flexibility index (Phi) is 7.10. The van der Waals surface area contributed by atoms with E-state index in [0.717, 1.165) is 36.1 Å². The number of hydrogen-bond donors (Lipinski definition) is 1. The van der Waals surface area contributed by atoms with Gasteiger partial charge in [0.15, 0.2) is 5.76 Å².